The van der Waals surface area contributed by atoms with Crippen LogP contribution in [0.4, 0.5) is 0 Å². The molecule has 0 spiro atoms. The Hall–Kier alpha value is -1.67. The van der Waals surface area contributed by atoms with Gasteiger partial charge in [0.05, 0.1) is 132 Å². The van der Waals surface area contributed by atoms with E-state index in [1.807, 2.05) is 30.3 Å². The summed E-state index contributed by atoms with van der Waals surface area (Å²) in [5.41, 5.74) is 1.16. The SMILES string of the molecule is CCOC(=O)CCOCCOCCOCCOCCOCCOCCOCCOCCOCc1ccccc1. The fourth-order valence-corrected chi connectivity index (χ4v) is 2.91. The molecule has 0 fully saturated rings. The summed E-state index contributed by atoms with van der Waals surface area (Å²) in [7, 11) is 0. The highest BCUT2D eigenvalue weighted by Crippen LogP contribution is 2.00. The van der Waals surface area contributed by atoms with Crippen LogP contribution in [-0.4, -0.2) is 125 Å². The number of benzene rings is 1. The van der Waals surface area contributed by atoms with Crippen molar-refractivity contribution >= 4 is 5.97 Å². The van der Waals surface area contributed by atoms with E-state index in [4.69, 9.17) is 47.4 Å². The molecule has 0 radical (unpaired) electrons. The molecule has 0 aliphatic rings. The summed E-state index contributed by atoms with van der Waals surface area (Å²) in [6.45, 7) is 11.2. The van der Waals surface area contributed by atoms with E-state index < -0.39 is 0 Å². The predicted octanol–water partition coefficient (Wildman–Crippen LogP) is 2.29. The molecule has 0 bridgehead atoms. The standard InChI is InChI=1S/C28H48O11/c1-2-39-28(29)8-9-30-10-11-31-12-13-32-14-15-33-16-17-34-18-19-35-20-21-36-22-23-37-24-25-38-26-27-6-4-3-5-7-27/h3-7H,2,8-26H2,1H3. The van der Waals surface area contributed by atoms with E-state index in [0.717, 1.165) is 5.56 Å². The molecule has 0 saturated heterocycles. The van der Waals surface area contributed by atoms with Crippen LogP contribution in [0, 0.1) is 0 Å². The number of rotatable bonds is 30. The van der Waals surface area contributed by atoms with Crippen molar-refractivity contribution in [3.05, 3.63) is 35.9 Å². The van der Waals surface area contributed by atoms with Crippen molar-refractivity contribution in [3.8, 4) is 0 Å². The van der Waals surface area contributed by atoms with Gasteiger partial charge in [-0.1, -0.05) is 30.3 Å². The molecule has 1 aromatic rings. The summed E-state index contributed by atoms with van der Waals surface area (Å²) in [6.07, 6.45) is 0.260. The van der Waals surface area contributed by atoms with E-state index in [-0.39, 0.29) is 12.4 Å². The van der Waals surface area contributed by atoms with Crippen LogP contribution in [0.3, 0.4) is 0 Å². The third-order valence-electron chi connectivity index (χ3n) is 4.84. The summed E-state index contributed by atoms with van der Waals surface area (Å²) in [6, 6.07) is 10.1. The molecule has 1 aromatic carbocycles. The van der Waals surface area contributed by atoms with Crippen LogP contribution in [-0.2, 0) is 58.8 Å². The molecule has 11 heteroatoms. The Morgan fingerprint density at radius 1 is 0.487 bits per heavy atom. The third kappa shape index (κ3) is 26.3. The molecule has 0 aliphatic heterocycles. The molecule has 11 nitrogen and oxygen atoms in total. The number of ether oxygens (including phenoxy) is 10. The minimum Gasteiger partial charge on any atom is -0.466 e. The van der Waals surface area contributed by atoms with E-state index >= 15 is 0 Å². The lowest BCUT2D eigenvalue weighted by Crippen LogP contribution is -2.15. The van der Waals surface area contributed by atoms with E-state index in [0.29, 0.717) is 126 Å². The van der Waals surface area contributed by atoms with Crippen LogP contribution >= 0.6 is 0 Å². The number of carbonyl (C=O) groups excluding carboxylic acids is 1. The van der Waals surface area contributed by atoms with Gasteiger partial charge in [0, 0.05) is 0 Å². The van der Waals surface area contributed by atoms with Gasteiger partial charge < -0.3 is 47.4 Å². The fraction of sp³-hybridized carbons (Fsp3) is 0.750. The van der Waals surface area contributed by atoms with Crippen molar-refractivity contribution in [2.45, 2.75) is 20.0 Å². The zero-order valence-corrected chi connectivity index (χ0v) is 23.5. The van der Waals surface area contributed by atoms with Crippen LogP contribution < -0.4 is 0 Å². The molecule has 0 heterocycles. The van der Waals surface area contributed by atoms with Gasteiger partial charge in [0.2, 0.25) is 0 Å². The first kappa shape index (κ1) is 35.4. The first-order valence-corrected chi connectivity index (χ1v) is 13.7. The van der Waals surface area contributed by atoms with Gasteiger partial charge in [0.25, 0.3) is 0 Å². The minimum atomic E-state index is -0.248. The van der Waals surface area contributed by atoms with Crippen molar-refractivity contribution in [2.24, 2.45) is 0 Å². The van der Waals surface area contributed by atoms with Crippen molar-refractivity contribution < 1.29 is 52.2 Å². The summed E-state index contributed by atoms with van der Waals surface area (Å²) in [5.74, 6) is -0.248. The van der Waals surface area contributed by atoms with Gasteiger partial charge >= 0.3 is 5.97 Å². The Kier molecular flexibility index (Phi) is 26.6. The van der Waals surface area contributed by atoms with E-state index in [1.165, 1.54) is 0 Å². The zero-order chi connectivity index (χ0) is 27.9. The summed E-state index contributed by atoms with van der Waals surface area (Å²) in [4.78, 5) is 11.1. The lowest BCUT2D eigenvalue weighted by molar-refractivity contribution is -0.144. The number of hydrogen-bond donors (Lipinski definition) is 0. The lowest BCUT2D eigenvalue weighted by Gasteiger charge is -2.09. The van der Waals surface area contributed by atoms with Crippen molar-refractivity contribution in [2.75, 3.05) is 119 Å². The molecule has 0 amide bonds. The molecule has 0 atom stereocenters. The molecule has 0 saturated carbocycles. The average Bonchev–Trinajstić information content (AvgIpc) is 2.95. The summed E-state index contributed by atoms with van der Waals surface area (Å²) >= 11 is 0. The van der Waals surface area contributed by atoms with Gasteiger partial charge in [-0.2, -0.15) is 0 Å². The molecule has 0 N–H and O–H groups in total. The average molecular weight is 561 g/mol. The highest BCUT2D eigenvalue weighted by atomic mass is 16.6. The Morgan fingerprint density at radius 3 is 1.18 bits per heavy atom. The molecular formula is C28H48O11. The topological polar surface area (TPSA) is 109 Å². The summed E-state index contributed by atoms with van der Waals surface area (Å²) < 4.78 is 53.8. The molecular weight excluding hydrogens is 512 g/mol. The normalized spacial score (nSPS) is 11.2. The van der Waals surface area contributed by atoms with Crippen LogP contribution in [0.5, 0.6) is 0 Å². The van der Waals surface area contributed by atoms with Gasteiger partial charge in [0.15, 0.2) is 0 Å². The second-order valence-electron chi connectivity index (χ2n) is 7.99. The minimum absolute atomic E-state index is 0.248. The van der Waals surface area contributed by atoms with E-state index in [1.54, 1.807) is 6.92 Å². The highest BCUT2D eigenvalue weighted by Gasteiger charge is 2.01. The number of esters is 1. The number of carbonyl (C=O) groups is 1. The Bertz CT molecular complexity index is 633. The van der Waals surface area contributed by atoms with Gasteiger partial charge in [0.1, 0.15) is 0 Å². The largest absolute Gasteiger partial charge is 0.466 e. The molecule has 39 heavy (non-hydrogen) atoms. The molecule has 0 unspecified atom stereocenters. The second-order valence-corrected chi connectivity index (χ2v) is 7.99. The van der Waals surface area contributed by atoms with Crippen molar-refractivity contribution in [1.82, 2.24) is 0 Å². The van der Waals surface area contributed by atoms with Gasteiger partial charge in [-0.3, -0.25) is 4.79 Å². The van der Waals surface area contributed by atoms with Gasteiger partial charge in [-0.25, -0.2) is 0 Å². The maximum atomic E-state index is 11.1. The second kappa shape index (κ2) is 29.3. The molecule has 226 valence electrons. The smallest absolute Gasteiger partial charge is 0.308 e. The Balaban J connectivity index is 1.64. The molecule has 1 rings (SSSR count). The Labute approximate surface area is 233 Å². The fourth-order valence-electron chi connectivity index (χ4n) is 2.91. The van der Waals surface area contributed by atoms with Crippen LogP contribution in [0.15, 0.2) is 30.3 Å². The predicted molar refractivity (Wildman–Crippen MR) is 144 cm³/mol. The first-order chi connectivity index (χ1) is 19.3. The maximum Gasteiger partial charge on any atom is 0.308 e. The quantitative estimate of drug-likeness (QED) is 0.102. The first-order valence-electron chi connectivity index (χ1n) is 13.7. The summed E-state index contributed by atoms with van der Waals surface area (Å²) in [5, 5.41) is 0. The number of hydrogen-bond acceptors (Lipinski definition) is 11. The Morgan fingerprint density at radius 2 is 0.821 bits per heavy atom. The van der Waals surface area contributed by atoms with Crippen LogP contribution in [0.2, 0.25) is 0 Å². The maximum absolute atomic E-state index is 11.1. The van der Waals surface area contributed by atoms with Crippen molar-refractivity contribution in [3.63, 3.8) is 0 Å². The van der Waals surface area contributed by atoms with Crippen LogP contribution in [0.25, 0.3) is 0 Å². The zero-order valence-electron chi connectivity index (χ0n) is 23.5. The monoisotopic (exact) mass is 560 g/mol. The van der Waals surface area contributed by atoms with Crippen LogP contribution in [0.1, 0.15) is 18.9 Å². The van der Waals surface area contributed by atoms with Gasteiger partial charge in [-0.05, 0) is 12.5 Å². The van der Waals surface area contributed by atoms with Crippen molar-refractivity contribution in [1.29, 1.82) is 0 Å². The highest BCUT2D eigenvalue weighted by molar-refractivity contribution is 5.69. The van der Waals surface area contributed by atoms with E-state index in [2.05, 4.69) is 0 Å². The molecule has 0 aliphatic carbocycles. The van der Waals surface area contributed by atoms with E-state index in [9.17, 15) is 4.79 Å². The lowest BCUT2D eigenvalue weighted by atomic mass is 10.2. The third-order valence-corrected chi connectivity index (χ3v) is 4.84. The molecule has 0 aromatic heterocycles. The van der Waals surface area contributed by atoms with Gasteiger partial charge in [-0.15, -0.1) is 0 Å².